The first-order valence-electron chi connectivity index (χ1n) is 6.42. The lowest BCUT2D eigenvalue weighted by atomic mass is 10.1. The summed E-state index contributed by atoms with van der Waals surface area (Å²) in [7, 11) is 0. The third-order valence-corrected chi connectivity index (χ3v) is 3.18. The third-order valence-electron chi connectivity index (χ3n) is 3.18. The molecule has 1 fully saturated rings. The zero-order chi connectivity index (χ0) is 13.1. The molecule has 3 nitrogen and oxygen atoms in total. The average Bonchev–Trinajstić information content (AvgIpc) is 3.25. The van der Waals surface area contributed by atoms with Crippen LogP contribution in [0.3, 0.4) is 0 Å². The summed E-state index contributed by atoms with van der Waals surface area (Å²) in [5, 5.41) is 9.93. The van der Waals surface area contributed by atoms with E-state index in [2.05, 4.69) is 0 Å². The molecule has 3 heteroatoms. The standard InChI is InChI=1S/C16H16O3/c17-15-7-4-8-16(14(15)9-13-11-18-13)19-10-12-5-2-1-3-6-12/h1-8,13,17H,9-11H2/t13-/m0/s1. The van der Waals surface area contributed by atoms with Crippen LogP contribution < -0.4 is 4.74 Å². The van der Waals surface area contributed by atoms with Gasteiger partial charge in [-0.2, -0.15) is 0 Å². The van der Waals surface area contributed by atoms with Gasteiger partial charge in [-0.05, 0) is 17.7 Å². The van der Waals surface area contributed by atoms with Gasteiger partial charge in [0.25, 0.3) is 0 Å². The van der Waals surface area contributed by atoms with Gasteiger partial charge in [-0.25, -0.2) is 0 Å². The van der Waals surface area contributed by atoms with Crippen molar-refractivity contribution in [3.8, 4) is 11.5 Å². The fourth-order valence-corrected chi connectivity index (χ4v) is 2.04. The van der Waals surface area contributed by atoms with Gasteiger partial charge < -0.3 is 14.6 Å². The summed E-state index contributed by atoms with van der Waals surface area (Å²) in [6, 6.07) is 15.4. The van der Waals surface area contributed by atoms with E-state index >= 15 is 0 Å². The van der Waals surface area contributed by atoms with Gasteiger partial charge in [0.1, 0.15) is 18.1 Å². The van der Waals surface area contributed by atoms with Gasteiger partial charge in [0, 0.05) is 12.0 Å². The Bertz CT molecular complexity index is 547. The summed E-state index contributed by atoms with van der Waals surface area (Å²) < 4.78 is 11.0. The molecular formula is C16H16O3. The number of rotatable bonds is 5. The maximum atomic E-state index is 9.93. The largest absolute Gasteiger partial charge is 0.508 e. The van der Waals surface area contributed by atoms with Crippen LogP contribution in [0, 0.1) is 0 Å². The molecule has 0 saturated carbocycles. The number of aromatic hydroxyl groups is 1. The van der Waals surface area contributed by atoms with E-state index in [9.17, 15) is 5.11 Å². The van der Waals surface area contributed by atoms with Crippen LogP contribution in [0.5, 0.6) is 11.5 Å². The normalized spacial score (nSPS) is 17.2. The summed E-state index contributed by atoms with van der Waals surface area (Å²) in [6.07, 6.45) is 0.934. The van der Waals surface area contributed by atoms with Crippen LogP contribution in [0.25, 0.3) is 0 Å². The van der Waals surface area contributed by atoms with Crippen LogP contribution in [0.15, 0.2) is 48.5 Å². The van der Waals surface area contributed by atoms with Crippen molar-refractivity contribution in [3.63, 3.8) is 0 Å². The predicted octanol–water partition coefficient (Wildman–Crippen LogP) is 2.91. The molecule has 0 amide bonds. The molecule has 1 saturated heterocycles. The van der Waals surface area contributed by atoms with E-state index in [4.69, 9.17) is 9.47 Å². The molecule has 0 radical (unpaired) electrons. The van der Waals surface area contributed by atoms with Crippen LogP contribution in [0.4, 0.5) is 0 Å². The molecule has 0 unspecified atom stereocenters. The van der Waals surface area contributed by atoms with Crippen LogP contribution in [0.2, 0.25) is 0 Å². The van der Waals surface area contributed by atoms with Gasteiger partial charge in [0.15, 0.2) is 0 Å². The summed E-state index contributed by atoms with van der Waals surface area (Å²) in [6.45, 7) is 1.27. The highest BCUT2D eigenvalue weighted by Gasteiger charge is 2.25. The Balaban J connectivity index is 1.74. The highest BCUT2D eigenvalue weighted by molar-refractivity contribution is 5.44. The van der Waals surface area contributed by atoms with E-state index in [1.165, 1.54) is 0 Å². The van der Waals surface area contributed by atoms with E-state index in [1.807, 2.05) is 36.4 Å². The van der Waals surface area contributed by atoms with Crippen molar-refractivity contribution in [2.75, 3.05) is 6.61 Å². The number of benzene rings is 2. The van der Waals surface area contributed by atoms with Gasteiger partial charge in [-0.15, -0.1) is 0 Å². The number of hydrogen-bond donors (Lipinski definition) is 1. The lowest BCUT2D eigenvalue weighted by Crippen LogP contribution is -2.01. The molecule has 3 rings (SSSR count). The molecule has 0 aliphatic carbocycles. The zero-order valence-corrected chi connectivity index (χ0v) is 10.6. The Hall–Kier alpha value is -2.00. The molecular weight excluding hydrogens is 240 g/mol. The Kier molecular flexibility index (Phi) is 3.38. The lowest BCUT2D eigenvalue weighted by Gasteiger charge is -2.12. The van der Waals surface area contributed by atoms with Crippen molar-refractivity contribution < 1.29 is 14.6 Å². The van der Waals surface area contributed by atoms with Gasteiger partial charge in [-0.3, -0.25) is 0 Å². The van der Waals surface area contributed by atoms with E-state index in [0.29, 0.717) is 13.0 Å². The maximum Gasteiger partial charge on any atom is 0.126 e. The Morgan fingerprint density at radius 2 is 1.89 bits per heavy atom. The molecule has 2 aromatic carbocycles. The molecule has 1 heterocycles. The third kappa shape index (κ3) is 3.06. The summed E-state index contributed by atoms with van der Waals surface area (Å²) >= 11 is 0. The molecule has 0 aromatic heterocycles. The fourth-order valence-electron chi connectivity index (χ4n) is 2.04. The minimum Gasteiger partial charge on any atom is -0.508 e. The average molecular weight is 256 g/mol. The van der Waals surface area contributed by atoms with Gasteiger partial charge in [-0.1, -0.05) is 36.4 Å². The number of ether oxygens (including phenoxy) is 2. The molecule has 2 aromatic rings. The molecule has 1 N–H and O–H groups in total. The van der Waals surface area contributed by atoms with Crippen LogP contribution in [0.1, 0.15) is 11.1 Å². The second-order valence-electron chi connectivity index (χ2n) is 4.69. The first-order chi connectivity index (χ1) is 9.33. The van der Waals surface area contributed by atoms with Crippen LogP contribution in [-0.4, -0.2) is 17.8 Å². The number of epoxide rings is 1. The van der Waals surface area contributed by atoms with Gasteiger partial charge >= 0.3 is 0 Å². The second kappa shape index (κ2) is 5.33. The monoisotopic (exact) mass is 256 g/mol. The second-order valence-corrected chi connectivity index (χ2v) is 4.69. The van der Waals surface area contributed by atoms with Crippen LogP contribution in [-0.2, 0) is 17.8 Å². The molecule has 0 bridgehead atoms. The molecule has 0 spiro atoms. The summed E-state index contributed by atoms with van der Waals surface area (Å²) in [5.74, 6) is 1.01. The Morgan fingerprint density at radius 1 is 1.11 bits per heavy atom. The minimum absolute atomic E-state index is 0.229. The highest BCUT2D eigenvalue weighted by Crippen LogP contribution is 2.32. The smallest absolute Gasteiger partial charge is 0.126 e. The van der Waals surface area contributed by atoms with Crippen molar-refractivity contribution in [3.05, 3.63) is 59.7 Å². The minimum atomic E-state index is 0.229. The first kappa shape index (κ1) is 12.1. The van der Waals surface area contributed by atoms with E-state index in [0.717, 1.165) is 23.5 Å². The topological polar surface area (TPSA) is 42.0 Å². The molecule has 98 valence electrons. The van der Waals surface area contributed by atoms with Crippen LogP contribution >= 0.6 is 0 Å². The van der Waals surface area contributed by atoms with E-state index in [1.54, 1.807) is 12.1 Å². The quantitative estimate of drug-likeness (QED) is 0.836. The lowest BCUT2D eigenvalue weighted by molar-refractivity contribution is 0.298. The zero-order valence-electron chi connectivity index (χ0n) is 10.6. The molecule has 1 aliphatic heterocycles. The SMILES string of the molecule is Oc1cccc(OCc2ccccc2)c1C[C@H]1CO1. The van der Waals surface area contributed by atoms with E-state index < -0.39 is 0 Å². The van der Waals surface area contributed by atoms with Crippen molar-refractivity contribution in [1.29, 1.82) is 0 Å². The summed E-state index contributed by atoms with van der Waals surface area (Å²) in [5.41, 5.74) is 1.94. The van der Waals surface area contributed by atoms with E-state index in [-0.39, 0.29) is 11.9 Å². The van der Waals surface area contributed by atoms with Crippen molar-refractivity contribution in [2.24, 2.45) is 0 Å². The molecule has 1 atom stereocenters. The van der Waals surface area contributed by atoms with Crippen molar-refractivity contribution >= 4 is 0 Å². The maximum absolute atomic E-state index is 9.93. The molecule has 1 aliphatic rings. The predicted molar refractivity (Wildman–Crippen MR) is 72.3 cm³/mol. The Morgan fingerprint density at radius 3 is 2.63 bits per heavy atom. The molecule has 19 heavy (non-hydrogen) atoms. The number of hydrogen-bond acceptors (Lipinski definition) is 3. The van der Waals surface area contributed by atoms with Crippen molar-refractivity contribution in [2.45, 2.75) is 19.1 Å². The number of phenolic OH excluding ortho intramolecular Hbond substituents is 1. The van der Waals surface area contributed by atoms with Crippen molar-refractivity contribution in [1.82, 2.24) is 0 Å². The van der Waals surface area contributed by atoms with Gasteiger partial charge in [0.05, 0.1) is 12.7 Å². The first-order valence-corrected chi connectivity index (χ1v) is 6.42. The summed E-state index contributed by atoms with van der Waals surface area (Å²) in [4.78, 5) is 0. The number of phenols is 1. The Labute approximate surface area is 112 Å². The fraction of sp³-hybridized carbons (Fsp3) is 0.250. The highest BCUT2D eigenvalue weighted by atomic mass is 16.6. The van der Waals surface area contributed by atoms with Gasteiger partial charge in [0.2, 0.25) is 0 Å².